The molecule has 0 aromatic heterocycles. The second-order valence-corrected chi connectivity index (χ2v) is 4.22. The van der Waals surface area contributed by atoms with Crippen molar-refractivity contribution in [3.05, 3.63) is 23.8 Å². The molecular formula is C13H18N2O3. The van der Waals surface area contributed by atoms with Gasteiger partial charge in [-0.1, -0.05) is 13.0 Å². The van der Waals surface area contributed by atoms with Gasteiger partial charge in [-0.05, 0) is 18.6 Å². The molecule has 0 saturated carbocycles. The van der Waals surface area contributed by atoms with Gasteiger partial charge in [0.2, 0.25) is 0 Å². The number of aliphatic hydroxyl groups is 1. The van der Waals surface area contributed by atoms with Crippen LogP contribution in [0.5, 0.6) is 5.75 Å². The van der Waals surface area contributed by atoms with Gasteiger partial charge in [-0.3, -0.25) is 4.79 Å². The minimum atomic E-state index is -0.218. The van der Waals surface area contributed by atoms with Gasteiger partial charge < -0.3 is 20.5 Å². The van der Waals surface area contributed by atoms with E-state index in [1.165, 1.54) is 0 Å². The zero-order chi connectivity index (χ0) is 13.0. The maximum absolute atomic E-state index is 12.1. The largest absolute Gasteiger partial charge is 0.489 e. The average molecular weight is 250 g/mol. The van der Waals surface area contributed by atoms with Crippen LogP contribution in [-0.4, -0.2) is 36.8 Å². The molecule has 1 aromatic rings. The van der Waals surface area contributed by atoms with Gasteiger partial charge in [0.1, 0.15) is 6.61 Å². The first kappa shape index (κ1) is 12.7. The summed E-state index contributed by atoms with van der Waals surface area (Å²) < 4.78 is 5.54. The molecule has 0 fully saturated rings. The van der Waals surface area contributed by atoms with Crippen LogP contribution in [0.1, 0.15) is 23.7 Å². The van der Waals surface area contributed by atoms with E-state index in [-0.39, 0.29) is 18.6 Å². The van der Waals surface area contributed by atoms with Crippen molar-refractivity contribution in [1.29, 1.82) is 0 Å². The smallest absolute Gasteiger partial charge is 0.255 e. The third kappa shape index (κ3) is 2.56. The second-order valence-electron chi connectivity index (χ2n) is 4.22. The van der Waals surface area contributed by atoms with Crippen LogP contribution in [0.2, 0.25) is 0 Å². The first-order chi connectivity index (χ1) is 8.76. The van der Waals surface area contributed by atoms with Crippen molar-refractivity contribution in [1.82, 2.24) is 5.32 Å². The normalized spacial score (nSPS) is 15.0. The number of fused-ring (bicyclic) bond motifs is 1. The van der Waals surface area contributed by atoms with Gasteiger partial charge >= 0.3 is 0 Å². The van der Waals surface area contributed by atoms with Crippen LogP contribution in [0.25, 0.3) is 0 Å². The Balaban J connectivity index is 2.20. The summed E-state index contributed by atoms with van der Waals surface area (Å²) in [6, 6.07) is 5.21. The molecule has 2 rings (SSSR count). The minimum absolute atomic E-state index is 0.0592. The molecule has 98 valence electrons. The number of rotatable bonds is 4. The lowest BCUT2D eigenvalue weighted by Crippen LogP contribution is -2.37. The van der Waals surface area contributed by atoms with Gasteiger partial charge in [-0.2, -0.15) is 0 Å². The monoisotopic (exact) mass is 250 g/mol. The highest BCUT2D eigenvalue weighted by molar-refractivity contribution is 5.99. The zero-order valence-corrected chi connectivity index (χ0v) is 10.4. The lowest BCUT2D eigenvalue weighted by molar-refractivity contribution is 0.0911. The van der Waals surface area contributed by atoms with Gasteiger partial charge in [-0.25, -0.2) is 0 Å². The fraction of sp³-hybridized carbons (Fsp3) is 0.462. The number of ether oxygens (including phenoxy) is 1. The van der Waals surface area contributed by atoms with Gasteiger partial charge in [0.05, 0.1) is 23.9 Å². The fourth-order valence-corrected chi connectivity index (χ4v) is 1.89. The number of carbonyl (C=O) groups is 1. The van der Waals surface area contributed by atoms with Crippen LogP contribution in [-0.2, 0) is 0 Å². The first-order valence-corrected chi connectivity index (χ1v) is 6.17. The van der Waals surface area contributed by atoms with E-state index in [2.05, 4.69) is 10.6 Å². The molecule has 3 N–H and O–H groups in total. The number of amides is 1. The number of aliphatic hydroxyl groups excluding tert-OH is 1. The lowest BCUT2D eigenvalue weighted by Gasteiger charge is -2.22. The summed E-state index contributed by atoms with van der Waals surface area (Å²) in [4.78, 5) is 12.1. The number of para-hydroxylation sites is 1. The lowest BCUT2D eigenvalue weighted by atomic mass is 10.1. The molecule has 5 nitrogen and oxygen atoms in total. The molecule has 0 unspecified atom stereocenters. The fourth-order valence-electron chi connectivity index (χ4n) is 1.89. The van der Waals surface area contributed by atoms with E-state index < -0.39 is 0 Å². The Hall–Kier alpha value is -1.75. The van der Waals surface area contributed by atoms with E-state index in [0.29, 0.717) is 24.3 Å². The summed E-state index contributed by atoms with van der Waals surface area (Å²) in [7, 11) is 0. The van der Waals surface area contributed by atoms with Gasteiger partial charge in [0.25, 0.3) is 5.91 Å². The average Bonchev–Trinajstić information content (AvgIpc) is 2.43. The third-order valence-corrected chi connectivity index (χ3v) is 2.97. The number of nitrogens with one attached hydrogen (secondary N) is 2. The molecule has 18 heavy (non-hydrogen) atoms. The van der Waals surface area contributed by atoms with Crippen molar-refractivity contribution in [3.63, 3.8) is 0 Å². The highest BCUT2D eigenvalue weighted by atomic mass is 16.5. The van der Waals surface area contributed by atoms with Crippen LogP contribution < -0.4 is 15.4 Å². The van der Waals surface area contributed by atoms with E-state index >= 15 is 0 Å². The standard InChI is InChI=1S/C13H18N2O3/c1-2-9(8-16)15-13(17)10-4-3-5-11-12(10)18-7-6-14-11/h3-5,9,14,16H,2,6-8H2,1H3,(H,15,17)/t9-/m0/s1. The summed E-state index contributed by atoms with van der Waals surface area (Å²) in [5.41, 5.74) is 1.34. The molecule has 0 radical (unpaired) electrons. The molecule has 0 bridgehead atoms. The molecule has 1 atom stereocenters. The van der Waals surface area contributed by atoms with Crippen molar-refractivity contribution in [2.24, 2.45) is 0 Å². The van der Waals surface area contributed by atoms with E-state index in [0.717, 1.165) is 12.2 Å². The minimum Gasteiger partial charge on any atom is -0.489 e. The van der Waals surface area contributed by atoms with E-state index in [9.17, 15) is 4.79 Å². The van der Waals surface area contributed by atoms with Crippen LogP contribution in [0.15, 0.2) is 18.2 Å². The molecule has 0 aliphatic carbocycles. The highest BCUT2D eigenvalue weighted by Gasteiger charge is 2.20. The van der Waals surface area contributed by atoms with Crippen molar-refractivity contribution in [2.45, 2.75) is 19.4 Å². The Labute approximate surface area is 106 Å². The molecule has 0 spiro atoms. The Morgan fingerprint density at radius 1 is 1.61 bits per heavy atom. The summed E-state index contributed by atoms with van der Waals surface area (Å²) in [5, 5.41) is 15.1. The van der Waals surface area contributed by atoms with Gasteiger partial charge in [0.15, 0.2) is 5.75 Å². The van der Waals surface area contributed by atoms with Crippen molar-refractivity contribution >= 4 is 11.6 Å². The Morgan fingerprint density at radius 3 is 3.17 bits per heavy atom. The van der Waals surface area contributed by atoms with E-state index in [4.69, 9.17) is 9.84 Å². The summed E-state index contributed by atoms with van der Waals surface area (Å²) in [6.45, 7) is 3.15. The Bertz CT molecular complexity index is 430. The molecule has 1 aromatic carbocycles. The van der Waals surface area contributed by atoms with Crippen molar-refractivity contribution in [3.8, 4) is 5.75 Å². The van der Waals surface area contributed by atoms with Gasteiger partial charge in [0, 0.05) is 6.54 Å². The molecule has 1 heterocycles. The molecule has 1 amide bonds. The number of hydrogen-bond donors (Lipinski definition) is 3. The second kappa shape index (κ2) is 5.73. The van der Waals surface area contributed by atoms with Crippen molar-refractivity contribution < 1.29 is 14.6 Å². The van der Waals surface area contributed by atoms with E-state index in [1.807, 2.05) is 19.1 Å². The molecule has 1 aliphatic heterocycles. The summed E-state index contributed by atoms with van der Waals surface area (Å²) in [5.74, 6) is 0.380. The van der Waals surface area contributed by atoms with Crippen LogP contribution in [0.3, 0.4) is 0 Å². The van der Waals surface area contributed by atoms with Crippen molar-refractivity contribution in [2.75, 3.05) is 25.1 Å². The maximum atomic E-state index is 12.1. The third-order valence-electron chi connectivity index (χ3n) is 2.97. The number of benzene rings is 1. The van der Waals surface area contributed by atoms with Gasteiger partial charge in [-0.15, -0.1) is 0 Å². The van der Waals surface area contributed by atoms with Crippen LogP contribution in [0, 0.1) is 0 Å². The SMILES string of the molecule is CC[C@@H](CO)NC(=O)c1cccc2c1OCCN2. The quantitative estimate of drug-likeness (QED) is 0.745. The summed E-state index contributed by atoms with van der Waals surface area (Å²) in [6.07, 6.45) is 0.691. The molecule has 5 heteroatoms. The Kier molecular flexibility index (Phi) is 4.04. The van der Waals surface area contributed by atoms with E-state index in [1.54, 1.807) is 6.07 Å². The maximum Gasteiger partial charge on any atom is 0.255 e. The Morgan fingerprint density at radius 2 is 2.44 bits per heavy atom. The summed E-state index contributed by atoms with van der Waals surface area (Å²) >= 11 is 0. The molecule has 1 aliphatic rings. The van der Waals surface area contributed by atoms with Crippen LogP contribution >= 0.6 is 0 Å². The topological polar surface area (TPSA) is 70.6 Å². The zero-order valence-electron chi connectivity index (χ0n) is 10.4. The number of hydrogen-bond acceptors (Lipinski definition) is 4. The molecule has 0 saturated heterocycles. The van der Waals surface area contributed by atoms with Crippen LogP contribution in [0.4, 0.5) is 5.69 Å². The highest BCUT2D eigenvalue weighted by Crippen LogP contribution is 2.31. The first-order valence-electron chi connectivity index (χ1n) is 6.17. The predicted molar refractivity (Wildman–Crippen MR) is 69.1 cm³/mol. The predicted octanol–water partition coefficient (Wildman–Crippen LogP) is 0.992. The number of carbonyl (C=O) groups excluding carboxylic acids is 1. The molecular weight excluding hydrogens is 232 g/mol. The number of anilines is 1.